The number of anilines is 1. The number of nitrogens with zero attached hydrogens (tertiary/aromatic N) is 1. The van der Waals surface area contributed by atoms with E-state index in [-0.39, 0.29) is 11.5 Å². The monoisotopic (exact) mass is 513 g/mol. The summed E-state index contributed by atoms with van der Waals surface area (Å²) in [7, 11) is 6.77. The van der Waals surface area contributed by atoms with Crippen molar-refractivity contribution < 1.29 is 29.0 Å². The molecule has 0 fully saturated rings. The molecule has 0 spiro atoms. The van der Waals surface area contributed by atoms with Gasteiger partial charge in [0.25, 0.3) is 0 Å². The van der Waals surface area contributed by atoms with Gasteiger partial charge >= 0.3 is 28.2 Å². The van der Waals surface area contributed by atoms with Crippen LogP contribution < -0.4 is 4.90 Å². The van der Waals surface area contributed by atoms with Crippen LogP contribution in [0.25, 0.3) is 0 Å². The first-order valence-electron chi connectivity index (χ1n) is 7.58. The van der Waals surface area contributed by atoms with Gasteiger partial charge in [-0.25, -0.2) is 0 Å². The number of hydrogen-bond acceptors (Lipinski definition) is 3. The van der Waals surface area contributed by atoms with Gasteiger partial charge in [-0.05, 0) is 55.0 Å². The molecule has 1 atom stereocenters. The molecule has 3 rings (SSSR count). The predicted molar refractivity (Wildman–Crippen MR) is 90.9 cm³/mol. The number of halogens is 1. The topological polar surface area (TPSA) is 43.7 Å². The quantitative estimate of drug-likeness (QED) is 0.606. The Morgan fingerprint density at radius 2 is 1.87 bits per heavy atom. The van der Waals surface area contributed by atoms with Crippen molar-refractivity contribution in [2.45, 2.75) is 31.7 Å². The summed E-state index contributed by atoms with van der Waals surface area (Å²) < 4.78 is 0. The van der Waals surface area contributed by atoms with Gasteiger partial charge in [0.15, 0.2) is 11.5 Å². The Morgan fingerprint density at radius 1 is 1.13 bits per heavy atom. The first-order chi connectivity index (χ1) is 11.1. The van der Waals surface area contributed by atoms with Crippen LogP contribution in [0.5, 0.6) is 11.5 Å². The van der Waals surface area contributed by atoms with E-state index in [9.17, 15) is 10.2 Å². The Bertz CT molecular complexity index is 651. The van der Waals surface area contributed by atoms with Gasteiger partial charge in [-0.15, -0.1) is 0 Å². The third-order valence-corrected chi connectivity index (χ3v) is 4.47. The molecule has 2 aromatic carbocycles. The van der Waals surface area contributed by atoms with E-state index >= 15 is 0 Å². The summed E-state index contributed by atoms with van der Waals surface area (Å²) in [6.07, 6.45) is 4.25. The molecular weight excluding hydrogens is 493 g/mol. The molecule has 5 heteroatoms. The molecular formula is C18H21ClNO2Pt+. The Hall–Kier alpha value is -1.18. The van der Waals surface area contributed by atoms with E-state index in [1.807, 2.05) is 6.07 Å². The van der Waals surface area contributed by atoms with Crippen LogP contribution in [0, 0.1) is 0 Å². The fourth-order valence-corrected chi connectivity index (χ4v) is 3.17. The van der Waals surface area contributed by atoms with Gasteiger partial charge in [0.1, 0.15) is 0 Å². The molecule has 23 heavy (non-hydrogen) atoms. The zero-order valence-corrected chi connectivity index (χ0v) is 16.0. The molecule has 0 amide bonds. The normalized spacial score (nSPS) is 16.3. The van der Waals surface area contributed by atoms with Crippen LogP contribution in [0.4, 0.5) is 5.69 Å². The minimum absolute atomic E-state index is 0.0326. The second kappa shape index (κ2) is 8.61. The average Bonchev–Trinajstić information content (AvgIpc) is 2.59. The third kappa shape index (κ3) is 4.42. The Labute approximate surface area is 152 Å². The summed E-state index contributed by atoms with van der Waals surface area (Å²) in [6.45, 7) is 0. The molecule has 2 N–H and O–H groups in total. The zero-order valence-electron chi connectivity index (χ0n) is 13.0. The summed E-state index contributed by atoms with van der Waals surface area (Å²) in [5, 5.41) is 18.9. The number of para-hydroxylation sites is 1. The van der Waals surface area contributed by atoms with Crippen molar-refractivity contribution in [2.24, 2.45) is 0 Å². The van der Waals surface area contributed by atoms with Crippen LogP contribution in [0.1, 0.15) is 24.0 Å². The molecule has 1 aliphatic heterocycles. The van der Waals surface area contributed by atoms with Crippen molar-refractivity contribution in [2.75, 3.05) is 11.9 Å². The van der Waals surface area contributed by atoms with E-state index in [1.54, 1.807) is 30.9 Å². The molecule has 0 aromatic heterocycles. The molecule has 1 unspecified atom stereocenters. The standard InChI is InChI=1S/C18H21NO2.ClH.Pt/c1-19-15(10-8-14-4-2-3-5-16(14)19)9-6-13-7-11-17(20)18(21)12-13;;/h2-5,7,11-12,15,20-21H,6,8-10H2,1H3;1H;/q;;+2/p-1. The van der Waals surface area contributed by atoms with Gasteiger partial charge in [0, 0.05) is 18.8 Å². The summed E-state index contributed by atoms with van der Waals surface area (Å²) in [5.74, 6) is -0.0858. The van der Waals surface area contributed by atoms with E-state index in [0.717, 1.165) is 31.2 Å². The number of rotatable bonds is 3. The van der Waals surface area contributed by atoms with E-state index in [4.69, 9.17) is 0 Å². The maximum absolute atomic E-state index is 9.56. The van der Waals surface area contributed by atoms with Gasteiger partial charge in [0.05, 0.1) is 0 Å². The summed E-state index contributed by atoms with van der Waals surface area (Å²) in [4.78, 5) is 2.37. The molecule has 0 bridgehead atoms. The summed E-state index contributed by atoms with van der Waals surface area (Å²) in [5.41, 5.74) is 3.83. The second-order valence-electron chi connectivity index (χ2n) is 5.79. The fraction of sp³-hybridized carbons (Fsp3) is 0.333. The first kappa shape index (κ1) is 18.2. The van der Waals surface area contributed by atoms with Crippen molar-refractivity contribution in [3.63, 3.8) is 0 Å². The van der Waals surface area contributed by atoms with Crippen LogP contribution in [-0.4, -0.2) is 23.3 Å². The van der Waals surface area contributed by atoms with Crippen molar-refractivity contribution in [1.29, 1.82) is 0 Å². The van der Waals surface area contributed by atoms with Crippen LogP contribution in [-0.2, 0) is 31.6 Å². The number of aryl methyl sites for hydroxylation is 2. The van der Waals surface area contributed by atoms with Crippen LogP contribution in [0.2, 0.25) is 0 Å². The molecule has 1 heterocycles. The summed E-state index contributed by atoms with van der Waals surface area (Å²) in [6, 6.07) is 14.2. The van der Waals surface area contributed by atoms with Gasteiger partial charge in [0.2, 0.25) is 0 Å². The van der Waals surface area contributed by atoms with Crippen LogP contribution in [0.3, 0.4) is 0 Å². The fourth-order valence-electron chi connectivity index (χ4n) is 3.17. The van der Waals surface area contributed by atoms with Crippen LogP contribution >= 0.6 is 9.42 Å². The molecule has 2 aromatic rings. The third-order valence-electron chi connectivity index (χ3n) is 4.47. The van der Waals surface area contributed by atoms with Crippen molar-refractivity contribution in [3.8, 4) is 11.5 Å². The minimum atomic E-state index is -0.0533. The Balaban J connectivity index is 0.000000924. The SMILES string of the molecule is CN1c2ccccc2CCC1CCc1ccc(O)c(O)c1.[Cl][Pt+]. The van der Waals surface area contributed by atoms with E-state index < -0.39 is 0 Å². The molecule has 0 saturated carbocycles. The molecule has 0 saturated heterocycles. The molecule has 0 aliphatic carbocycles. The van der Waals surface area contributed by atoms with E-state index in [2.05, 4.69) is 45.6 Å². The molecule has 0 radical (unpaired) electrons. The number of phenolic OH excluding ortho intramolecular Hbond substituents is 2. The van der Waals surface area contributed by atoms with Gasteiger partial charge in [-0.3, -0.25) is 0 Å². The molecule has 3 nitrogen and oxygen atoms in total. The maximum atomic E-state index is 9.56. The van der Waals surface area contributed by atoms with Crippen molar-refractivity contribution in [1.82, 2.24) is 0 Å². The number of hydrogen-bond donors (Lipinski definition) is 2. The van der Waals surface area contributed by atoms with Gasteiger partial charge in [-0.1, -0.05) is 24.3 Å². The Morgan fingerprint density at radius 3 is 2.61 bits per heavy atom. The van der Waals surface area contributed by atoms with Gasteiger partial charge in [-0.2, -0.15) is 0 Å². The molecule has 1 aliphatic rings. The van der Waals surface area contributed by atoms with E-state index in [1.165, 1.54) is 11.3 Å². The van der Waals surface area contributed by atoms with Gasteiger partial charge < -0.3 is 15.1 Å². The molecule has 126 valence electrons. The number of benzene rings is 2. The van der Waals surface area contributed by atoms with Crippen LogP contribution in [0.15, 0.2) is 42.5 Å². The van der Waals surface area contributed by atoms with Crippen molar-refractivity contribution in [3.05, 3.63) is 53.6 Å². The Kier molecular flexibility index (Phi) is 6.80. The number of fused-ring (bicyclic) bond motifs is 1. The number of phenols is 2. The first-order valence-corrected chi connectivity index (χ1v) is 10.4. The predicted octanol–water partition coefficient (Wildman–Crippen LogP) is 4.17. The van der Waals surface area contributed by atoms with Crippen molar-refractivity contribution >= 4 is 15.1 Å². The average molecular weight is 514 g/mol. The number of aromatic hydroxyl groups is 2. The van der Waals surface area contributed by atoms with E-state index in [0.29, 0.717) is 6.04 Å². The summed E-state index contributed by atoms with van der Waals surface area (Å²) >= 11 is 1.61. The second-order valence-corrected chi connectivity index (χ2v) is 5.79. The zero-order chi connectivity index (χ0) is 16.8.